The highest BCUT2D eigenvalue weighted by Gasteiger charge is 2.05. The van der Waals surface area contributed by atoms with Gasteiger partial charge in [-0.3, -0.25) is 0 Å². The number of methoxy groups -OCH3 is 1. The molecule has 0 aromatic heterocycles. The summed E-state index contributed by atoms with van der Waals surface area (Å²) in [5.41, 5.74) is 8.15. The fourth-order valence-electron chi connectivity index (χ4n) is 1.26. The Morgan fingerprint density at radius 3 is 2.64 bits per heavy atom. The van der Waals surface area contributed by atoms with Crippen molar-refractivity contribution in [2.24, 2.45) is 11.0 Å². The second-order valence-electron chi connectivity index (χ2n) is 3.64. The summed E-state index contributed by atoms with van der Waals surface area (Å²) in [7, 11) is 1.70. The van der Waals surface area contributed by atoms with Crippen LogP contribution in [0.25, 0.3) is 10.4 Å². The van der Waals surface area contributed by atoms with Crippen molar-refractivity contribution >= 4 is 0 Å². The molecular formula is C9H20N4O. The Balaban J connectivity index is 3.77. The molecule has 0 rings (SSSR count). The van der Waals surface area contributed by atoms with E-state index < -0.39 is 0 Å². The van der Waals surface area contributed by atoms with E-state index in [4.69, 9.17) is 10.3 Å². The fourth-order valence-corrected chi connectivity index (χ4v) is 1.26. The van der Waals surface area contributed by atoms with E-state index in [9.17, 15) is 0 Å². The van der Waals surface area contributed by atoms with Crippen LogP contribution < -0.4 is 0 Å². The van der Waals surface area contributed by atoms with Gasteiger partial charge in [0.25, 0.3) is 0 Å². The topological polar surface area (TPSA) is 61.2 Å². The summed E-state index contributed by atoms with van der Waals surface area (Å²) in [6.07, 6.45) is 0. The van der Waals surface area contributed by atoms with Crippen LogP contribution >= 0.6 is 0 Å². The standard InChI is InChI=1S/C9H20N4O/c1-9(2)8-13(6-7-14-3)5-4-11-12-10/h9H,4-8H2,1-3H3. The maximum absolute atomic E-state index is 8.15. The molecule has 0 N–H and O–H groups in total. The molecule has 0 unspecified atom stereocenters. The van der Waals surface area contributed by atoms with E-state index in [1.165, 1.54) is 0 Å². The maximum Gasteiger partial charge on any atom is 0.0589 e. The van der Waals surface area contributed by atoms with Crippen LogP contribution in [0.3, 0.4) is 0 Å². The minimum atomic E-state index is 0.535. The average molecular weight is 200 g/mol. The highest BCUT2D eigenvalue weighted by atomic mass is 16.5. The van der Waals surface area contributed by atoms with Crippen LogP contribution in [0, 0.1) is 5.92 Å². The van der Waals surface area contributed by atoms with Crippen molar-refractivity contribution < 1.29 is 4.74 Å². The monoisotopic (exact) mass is 200 g/mol. The van der Waals surface area contributed by atoms with Gasteiger partial charge in [0.1, 0.15) is 0 Å². The molecule has 0 radical (unpaired) electrons. The lowest BCUT2D eigenvalue weighted by Crippen LogP contribution is -2.33. The van der Waals surface area contributed by atoms with Crippen LogP contribution in [-0.2, 0) is 4.74 Å². The average Bonchev–Trinajstić information content (AvgIpc) is 2.13. The zero-order valence-corrected chi connectivity index (χ0v) is 9.31. The smallest absolute Gasteiger partial charge is 0.0589 e. The molecule has 5 nitrogen and oxygen atoms in total. The van der Waals surface area contributed by atoms with Crippen molar-refractivity contribution in [2.75, 3.05) is 39.9 Å². The van der Waals surface area contributed by atoms with Crippen molar-refractivity contribution in [1.82, 2.24) is 4.90 Å². The van der Waals surface area contributed by atoms with Gasteiger partial charge in [-0.1, -0.05) is 19.0 Å². The molecule has 0 aromatic carbocycles. The second kappa shape index (κ2) is 8.81. The normalized spacial score (nSPS) is 10.6. The van der Waals surface area contributed by atoms with Gasteiger partial charge in [0.05, 0.1) is 6.61 Å². The van der Waals surface area contributed by atoms with Crippen LogP contribution in [0.1, 0.15) is 13.8 Å². The van der Waals surface area contributed by atoms with Gasteiger partial charge in [-0.15, -0.1) is 0 Å². The predicted octanol–water partition coefficient (Wildman–Crippen LogP) is 1.90. The summed E-state index contributed by atoms with van der Waals surface area (Å²) in [5, 5.41) is 3.53. The number of azide groups is 1. The van der Waals surface area contributed by atoms with Gasteiger partial charge in [-0.05, 0) is 11.4 Å². The second-order valence-corrected chi connectivity index (χ2v) is 3.64. The number of hydrogen-bond donors (Lipinski definition) is 0. The Morgan fingerprint density at radius 2 is 2.14 bits per heavy atom. The predicted molar refractivity (Wildman–Crippen MR) is 57.2 cm³/mol. The molecular weight excluding hydrogens is 180 g/mol. The molecule has 14 heavy (non-hydrogen) atoms. The first-order chi connectivity index (χ1) is 6.70. The van der Waals surface area contributed by atoms with Gasteiger partial charge in [0.15, 0.2) is 0 Å². The van der Waals surface area contributed by atoms with Crippen molar-refractivity contribution in [2.45, 2.75) is 13.8 Å². The van der Waals surface area contributed by atoms with Gasteiger partial charge in [0.2, 0.25) is 0 Å². The Kier molecular flexibility index (Phi) is 8.33. The van der Waals surface area contributed by atoms with Crippen molar-refractivity contribution in [3.63, 3.8) is 0 Å². The van der Waals surface area contributed by atoms with E-state index in [0.29, 0.717) is 12.5 Å². The SMILES string of the molecule is COCCN(CCN=[N+]=[N-])CC(C)C. The third kappa shape index (κ3) is 7.86. The van der Waals surface area contributed by atoms with Gasteiger partial charge in [-0.25, -0.2) is 0 Å². The minimum absolute atomic E-state index is 0.535. The molecule has 0 bridgehead atoms. The van der Waals surface area contributed by atoms with E-state index >= 15 is 0 Å². The highest BCUT2D eigenvalue weighted by molar-refractivity contribution is 4.61. The van der Waals surface area contributed by atoms with Crippen LogP contribution in [0.5, 0.6) is 0 Å². The summed E-state index contributed by atoms with van der Waals surface area (Å²) in [6.45, 7) is 8.34. The highest BCUT2D eigenvalue weighted by Crippen LogP contribution is 1.98. The van der Waals surface area contributed by atoms with Crippen LogP contribution in [0.15, 0.2) is 5.11 Å². The fraction of sp³-hybridized carbons (Fsp3) is 1.00. The van der Waals surface area contributed by atoms with E-state index in [0.717, 1.165) is 26.2 Å². The van der Waals surface area contributed by atoms with Gasteiger partial charge in [-0.2, -0.15) is 0 Å². The van der Waals surface area contributed by atoms with Crippen LogP contribution in [0.2, 0.25) is 0 Å². The number of rotatable bonds is 8. The largest absolute Gasteiger partial charge is 0.383 e. The molecule has 0 atom stereocenters. The molecule has 0 aromatic rings. The summed E-state index contributed by atoms with van der Waals surface area (Å²) in [6, 6.07) is 0. The molecule has 0 saturated heterocycles. The van der Waals surface area contributed by atoms with Crippen molar-refractivity contribution in [3.05, 3.63) is 10.4 Å². The first-order valence-electron chi connectivity index (χ1n) is 4.92. The molecule has 0 heterocycles. The van der Waals surface area contributed by atoms with E-state index in [1.54, 1.807) is 7.11 Å². The molecule has 5 heteroatoms. The minimum Gasteiger partial charge on any atom is -0.383 e. The summed E-state index contributed by atoms with van der Waals surface area (Å²) in [5.74, 6) is 0.623. The lowest BCUT2D eigenvalue weighted by Gasteiger charge is -2.22. The molecule has 0 fully saturated rings. The van der Waals surface area contributed by atoms with Crippen molar-refractivity contribution in [3.8, 4) is 0 Å². The quantitative estimate of drug-likeness (QED) is 0.341. The van der Waals surface area contributed by atoms with Gasteiger partial charge < -0.3 is 9.64 Å². The molecule has 0 amide bonds. The summed E-state index contributed by atoms with van der Waals surface area (Å²) < 4.78 is 5.02. The van der Waals surface area contributed by atoms with Crippen LogP contribution in [0.4, 0.5) is 0 Å². The third-order valence-corrected chi connectivity index (χ3v) is 1.81. The zero-order valence-electron chi connectivity index (χ0n) is 9.31. The Bertz CT molecular complexity index is 178. The molecule has 0 aliphatic carbocycles. The lowest BCUT2D eigenvalue weighted by molar-refractivity contribution is 0.142. The molecule has 0 saturated carbocycles. The van der Waals surface area contributed by atoms with Gasteiger partial charge >= 0.3 is 0 Å². The number of ether oxygens (including phenoxy) is 1. The molecule has 0 aliphatic heterocycles. The van der Waals surface area contributed by atoms with E-state index in [2.05, 4.69) is 28.8 Å². The third-order valence-electron chi connectivity index (χ3n) is 1.81. The summed E-state index contributed by atoms with van der Waals surface area (Å²) >= 11 is 0. The molecule has 0 spiro atoms. The first kappa shape index (κ1) is 13.2. The van der Waals surface area contributed by atoms with Crippen molar-refractivity contribution in [1.29, 1.82) is 0 Å². The maximum atomic E-state index is 8.15. The van der Waals surface area contributed by atoms with Gasteiger partial charge in [0, 0.05) is 38.2 Å². The number of hydrogen-bond acceptors (Lipinski definition) is 3. The molecule has 82 valence electrons. The zero-order chi connectivity index (χ0) is 10.8. The summed E-state index contributed by atoms with van der Waals surface area (Å²) in [4.78, 5) is 4.99. The van der Waals surface area contributed by atoms with E-state index in [1.807, 2.05) is 0 Å². The van der Waals surface area contributed by atoms with Crippen LogP contribution in [-0.4, -0.2) is 44.8 Å². The van der Waals surface area contributed by atoms with E-state index in [-0.39, 0.29) is 0 Å². The Hall–Kier alpha value is -0.770. The lowest BCUT2D eigenvalue weighted by atomic mass is 10.2. The first-order valence-corrected chi connectivity index (χ1v) is 4.92. The number of nitrogens with zero attached hydrogens (tertiary/aromatic N) is 4. The molecule has 0 aliphatic rings. The Labute approximate surface area is 85.7 Å². The Morgan fingerprint density at radius 1 is 1.43 bits per heavy atom.